The van der Waals surface area contributed by atoms with Gasteiger partial charge in [0.1, 0.15) is 17.0 Å². The molecular formula is C11H12N4S2. The predicted molar refractivity (Wildman–Crippen MR) is 75.3 cm³/mol. The van der Waals surface area contributed by atoms with Crippen LogP contribution < -0.4 is 5.32 Å². The van der Waals surface area contributed by atoms with Crippen molar-refractivity contribution in [3.8, 4) is 0 Å². The number of hydrogen-bond acceptors (Lipinski definition) is 6. The minimum Gasteiger partial charge on any atom is -0.319 e. The Bertz CT molecular complexity index is 603. The Morgan fingerprint density at radius 2 is 2.18 bits per heavy atom. The van der Waals surface area contributed by atoms with E-state index < -0.39 is 0 Å². The summed E-state index contributed by atoms with van der Waals surface area (Å²) in [6, 6.07) is 0. The van der Waals surface area contributed by atoms with Gasteiger partial charge in [0.25, 0.3) is 0 Å². The van der Waals surface area contributed by atoms with Gasteiger partial charge in [-0.2, -0.15) is 0 Å². The van der Waals surface area contributed by atoms with Crippen LogP contribution in [0.1, 0.15) is 10.4 Å². The van der Waals surface area contributed by atoms with Crippen molar-refractivity contribution in [1.82, 2.24) is 9.97 Å². The fraction of sp³-hybridized carbons (Fsp3) is 0.364. The molecule has 0 radical (unpaired) electrons. The molecule has 0 atom stereocenters. The molecule has 0 unspecified atom stereocenters. The van der Waals surface area contributed by atoms with E-state index in [1.54, 1.807) is 29.4 Å². The van der Waals surface area contributed by atoms with Gasteiger partial charge in [-0.25, -0.2) is 9.97 Å². The van der Waals surface area contributed by atoms with Crippen LogP contribution in [0.4, 0.5) is 5.82 Å². The third kappa shape index (κ3) is 1.91. The zero-order valence-electron chi connectivity index (χ0n) is 9.65. The number of hydrogen-bond donors (Lipinski definition) is 1. The van der Waals surface area contributed by atoms with Crippen molar-refractivity contribution in [3.05, 3.63) is 16.8 Å². The maximum atomic E-state index is 4.39. The lowest BCUT2D eigenvalue weighted by Crippen LogP contribution is -2.07. The summed E-state index contributed by atoms with van der Waals surface area (Å²) in [4.78, 5) is 15.4. The summed E-state index contributed by atoms with van der Waals surface area (Å²) in [5.74, 6) is 1.93. The summed E-state index contributed by atoms with van der Waals surface area (Å²) in [7, 11) is 0. The molecule has 6 heteroatoms. The first-order chi connectivity index (χ1) is 8.25. The van der Waals surface area contributed by atoms with Gasteiger partial charge in [-0.3, -0.25) is 4.99 Å². The molecule has 88 valence electrons. The molecule has 1 aliphatic heterocycles. The van der Waals surface area contributed by atoms with Crippen LogP contribution in [0.2, 0.25) is 0 Å². The second-order valence-corrected chi connectivity index (χ2v) is 6.13. The molecule has 0 saturated heterocycles. The Labute approximate surface area is 108 Å². The first kappa shape index (κ1) is 11.0. The number of fused-ring (bicyclic) bond motifs is 1. The summed E-state index contributed by atoms with van der Waals surface area (Å²) in [6.07, 6.45) is 1.61. The molecule has 0 bridgehead atoms. The first-order valence-corrected chi connectivity index (χ1v) is 7.21. The van der Waals surface area contributed by atoms with Gasteiger partial charge < -0.3 is 5.32 Å². The van der Waals surface area contributed by atoms with Gasteiger partial charge in [-0.05, 0) is 19.4 Å². The smallest absolute Gasteiger partial charge is 0.162 e. The van der Waals surface area contributed by atoms with Crippen molar-refractivity contribution in [2.24, 2.45) is 4.99 Å². The van der Waals surface area contributed by atoms with E-state index in [9.17, 15) is 0 Å². The molecule has 0 aliphatic carbocycles. The van der Waals surface area contributed by atoms with Crippen molar-refractivity contribution >= 4 is 44.3 Å². The molecule has 4 nitrogen and oxygen atoms in total. The third-order valence-corrected chi connectivity index (χ3v) is 4.78. The lowest BCUT2D eigenvalue weighted by molar-refractivity contribution is 1.17. The summed E-state index contributed by atoms with van der Waals surface area (Å²) < 4.78 is 0. The zero-order valence-corrected chi connectivity index (χ0v) is 11.3. The average Bonchev–Trinajstić information content (AvgIpc) is 2.90. The summed E-state index contributed by atoms with van der Waals surface area (Å²) >= 11 is 3.45. The molecule has 2 aromatic heterocycles. The highest BCUT2D eigenvalue weighted by Crippen LogP contribution is 2.33. The molecule has 0 spiro atoms. The molecule has 2 aromatic rings. The molecule has 0 fully saturated rings. The van der Waals surface area contributed by atoms with E-state index in [4.69, 9.17) is 0 Å². The molecule has 1 N–H and O–H groups in total. The highest BCUT2D eigenvalue weighted by molar-refractivity contribution is 8.14. The molecule has 1 aliphatic rings. The maximum absolute atomic E-state index is 4.39. The fourth-order valence-corrected chi connectivity index (χ4v) is 3.51. The molecule has 0 amide bonds. The first-order valence-electron chi connectivity index (χ1n) is 5.40. The quantitative estimate of drug-likeness (QED) is 0.860. The highest BCUT2D eigenvalue weighted by atomic mass is 32.2. The van der Waals surface area contributed by atoms with Crippen molar-refractivity contribution in [2.45, 2.75) is 13.8 Å². The van der Waals surface area contributed by atoms with Crippen molar-refractivity contribution in [3.63, 3.8) is 0 Å². The van der Waals surface area contributed by atoms with Gasteiger partial charge in [0.2, 0.25) is 0 Å². The predicted octanol–water partition coefficient (Wildman–Crippen LogP) is 2.82. The fourth-order valence-electron chi connectivity index (χ4n) is 1.79. The number of nitrogens with one attached hydrogen (secondary N) is 1. The van der Waals surface area contributed by atoms with E-state index in [0.717, 1.165) is 33.5 Å². The minimum absolute atomic E-state index is 0.880. The normalized spacial score (nSPS) is 15.3. The number of amidine groups is 1. The Kier molecular flexibility index (Phi) is 2.76. The topological polar surface area (TPSA) is 50.2 Å². The Hall–Kier alpha value is -1.14. The summed E-state index contributed by atoms with van der Waals surface area (Å²) in [6.45, 7) is 5.13. The summed E-state index contributed by atoms with van der Waals surface area (Å²) in [5.41, 5.74) is 1.26. The number of rotatable bonds is 1. The number of thioether (sulfide) groups is 1. The lowest BCUT2D eigenvalue weighted by atomic mass is 10.2. The number of nitrogens with zero attached hydrogens (tertiary/aromatic N) is 3. The monoisotopic (exact) mass is 264 g/mol. The van der Waals surface area contributed by atoms with Crippen LogP contribution in [0.5, 0.6) is 0 Å². The average molecular weight is 264 g/mol. The van der Waals surface area contributed by atoms with Crippen molar-refractivity contribution in [2.75, 3.05) is 17.6 Å². The van der Waals surface area contributed by atoms with Crippen LogP contribution >= 0.6 is 23.1 Å². The van der Waals surface area contributed by atoms with Gasteiger partial charge in [0.15, 0.2) is 5.17 Å². The van der Waals surface area contributed by atoms with Gasteiger partial charge in [-0.15, -0.1) is 11.3 Å². The number of aromatic nitrogens is 2. The Morgan fingerprint density at radius 1 is 1.29 bits per heavy atom. The Morgan fingerprint density at radius 3 is 2.94 bits per heavy atom. The molecular weight excluding hydrogens is 252 g/mol. The van der Waals surface area contributed by atoms with E-state index in [2.05, 4.69) is 34.1 Å². The van der Waals surface area contributed by atoms with Gasteiger partial charge in [-0.1, -0.05) is 11.8 Å². The third-order valence-electron chi connectivity index (χ3n) is 2.78. The minimum atomic E-state index is 0.880. The van der Waals surface area contributed by atoms with Gasteiger partial charge in [0, 0.05) is 10.6 Å². The molecule has 3 heterocycles. The van der Waals surface area contributed by atoms with Crippen molar-refractivity contribution in [1.29, 1.82) is 0 Å². The SMILES string of the molecule is Cc1sc2ncnc(NC3=NCCS3)c2c1C. The van der Waals surface area contributed by atoms with Crippen molar-refractivity contribution < 1.29 is 0 Å². The zero-order chi connectivity index (χ0) is 11.8. The van der Waals surface area contributed by atoms with Crippen LogP contribution in [0.15, 0.2) is 11.3 Å². The second-order valence-electron chi connectivity index (χ2n) is 3.85. The Balaban J connectivity index is 2.09. The van der Waals surface area contributed by atoms with E-state index in [0.29, 0.717) is 0 Å². The molecule has 0 saturated carbocycles. The van der Waals surface area contributed by atoms with E-state index in [1.807, 2.05) is 0 Å². The lowest BCUT2D eigenvalue weighted by Gasteiger charge is -2.05. The van der Waals surface area contributed by atoms with Gasteiger partial charge in [0.05, 0.1) is 11.9 Å². The largest absolute Gasteiger partial charge is 0.319 e. The molecule has 17 heavy (non-hydrogen) atoms. The van der Waals surface area contributed by atoms with E-state index in [1.165, 1.54) is 10.4 Å². The summed E-state index contributed by atoms with van der Waals surface area (Å²) in [5, 5.41) is 5.40. The second kappa shape index (κ2) is 4.27. The number of aliphatic imine (C=N–C) groups is 1. The number of aryl methyl sites for hydroxylation is 2. The van der Waals surface area contributed by atoms with Crippen LogP contribution in [0.25, 0.3) is 10.2 Å². The van der Waals surface area contributed by atoms with Crippen LogP contribution in [0.3, 0.4) is 0 Å². The highest BCUT2D eigenvalue weighted by Gasteiger charge is 2.14. The number of anilines is 1. The maximum Gasteiger partial charge on any atom is 0.162 e. The van der Waals surface area contributed by atoms with Crippen LogP contribution in [-0.4, -0.2) is 27.4 Å². The van der Waals surface area contributed by atoms with Crippen LogP contribution in [-0.2, 0) is 0 Å². The standard InChI is InChI=1S/C11H12N4S2/c1-6-7(2)17-10-8(6)9(13-5-14-10)15-11-12-3-4-16-11/h5H,3-4H2,1-2H3,(H,12,13,14,15). The van der Waals surface area contributed by atoms with Crippen LogP contribution in [0, 0.1) is 13.8 Å². The van der Waals surface area contributed by atoms with E-state index >= 15 is 0 Å². The molecule has 3 rings (SSSR count). The van der Waals surface area contributed by atoms with Gasteiger partial charge >= 0.3 is 0 Å². The molecule has 0 aromatic carbocycles. The number of thiophene rings is 1. The van der Waals surface area contributed by atoms with E-state index in [-0.39, 0.29) is 0 Å².